The Bertz CT molecular complexity index is 1140. The molecule has 0 unspecified atom stereocenters. The van der Waals surface area contributed by atoms with Crippen LogP contribution in [-0.4, -0.2) is 57.5 Å². The van der Waals surface area contributed by atoms with Crippen molar-refractivity contribution in [1.29, 1.82) is 0 Å². The van der Waals surface area contributed by atoms with Crippen molar-refractivity contribution < 1.29 is 19.4 Å². The molecular formula is C26H35ClN4O5. The number of carbonyl (C=O) groups excluding carboxylic acids is 2. The van der Waals surface area contributed by atoms with Crippen LogP contribution in [0.15, 0.2) is 29.2 Å². The molecule has 0 radical (unpaired) electrons. The SMILES string of the molecule is Cc1cn(-c2ccc(Cl)c(C(=O)NCC3(O)CCCCCC3)c2)c(=O)n1CC(=O)NC1CCOCC1. The number of aryl methyl sites for hydroxylation is 1. The Morgan fingerprint density at radius 3 is 2.56 bits per heavy atom. The Kier molecular flexibility index (Phi) is 8.54. The molecule has 9 nitrogen and oxygen atoms in total. The number of imidazole rings is 1. The van der Waals surface area contributed by atoms with Gasteiger partial charge in [0.15, 0.2) is 0 Å². The molecule has 36 heavy (non-hydrogen) atoms. The number of rotatable bonds is 7. The van der Waals surface area contributed by atoms with Gasteiger partial charge in [-0.25, -0.2) is 4.79 Å². The van der Waals surface area contributed by atoms with E-state index < -0.39 is 11.5 Å². The van der Waals surface area contributed by atoms with E-state index in [1.165, 1.54) is 9.13 Å². The van der Waals surface area contributed by atoms with E-state index in [1.54, 1.807) is 31.3 Å². The Morgan fingerprint density at radius 1 is 1.17 bits per heavy atom. The summed E-state index contributed by atoms with van der Waals surface area (Å²) in [5.74, 6) is -0.628. The van der Waals surface area contributed by atoms with Crippen LogP contribution in [0.25, 0.3) is 5.69 Å². The maximum absolute atomic E-state index is 13.2. The van der Waals surface area contributed by atoms with Gasteiger partial charge >= 0.3 is 5.69 Å². The molecule has 0 atom stereocenters. The largest absolute Gasteiger partial charge is 0.388 e. The minimum Gasteiger partial charge on any atom is -0.388 e. The first-order chi connectivity index (χ1) is 17.3. The van der Waals surface area contributed by atoms with Crippen molar-refractivity contribution in [2.24, 2.45) is 0 Å². The number of halogens is 1. The lowest BCUT2D eigenvalue weighted by Crippen LogP contribution is -2.42. The normalized spacial score (nSPS) is 18.4. The molecule has 2 aliphatic rings. The van der Waals surface area contributed by atoms with Crippen LogP contribution in [0.2, 0.25) is 5.02 Å². The lowest BCUT2D eigenvalue weighted by atomic mass is 9.94. The van der Waals surface area contributed by atoms with Crippen LogP contribution in [0.3, 0.4) is 0 Å². The summed E-state index contributed by atoms with van der Waals surface area (Å²) in [6.07, 6.45) is 8.54. The maximum atomic E-state index is 13.2. The first kappa shape index (κ1) is 26.4. The van der Waals surface area contributed by atoms with Gasteiger partial charge in [-0.1, -0.05) is 37.3 Å². The number of benzene rings is 1. The van der Waals surface area contributed by atoms with E-state index >= 15 is 0 Å². The van der Waals surface area contributed by atoms with Crippen LogP contribution in [0.4, 0.5) is 0 Å². The number of amides is 2. The number of carbonyl (C=O) groups is 2. The lowest BCUT2D eigenvalue weighted by molar-refractivity contribution is -0.123. The van der Waals surface area contributed by atoms with Gasteiger partial charge in [-0.2, -0.15) is 0 Å². The Hall–Kier alpha value is -2.62. The molecule has 10 heteroatoms. The van der Waals surface area contributed by atoms with Gasteiger partial charge in [0.2, 0.25) is 5.91 Å². The molecule has 4 rings (SSSR count). The molecule has 1 aliphatic heterocycles. The van der Waals surface area contributed by atoms with Crippen LogP contribution >= 0.6 is 11.6 Å². The minimum absolute atomic E-state index is 0.0535. The van der Waals surface area contributed by atoms with Crippen LogP contribution in [0.5, 0.6) is 0 Å². The van der Waals surface area contributed by atoms with E-state index in [-0.39, 0.29) is 41.3 Å². The zero-order valence-electron chi connectivity index (χ0n) is 20.7. The van der Waals surface area contributed by atoms with E-state index in [9.17, 15) is 19.5 Å². The third-order valence-electron chi connectivity index (χ3n) is 7.15. The van der Waals surface area contributed by atoms with Gasteiger partial charge in [-0.15, -0.1) is 0 Å². The third-order valence-corrected chi connectivity index (χ3v) is 7.48. The molecule has 1 saturated carbocycles. The van der Waals surface area contributed by atoms with Gasteiger partial charge in [-0.05, 0) is 50.8 Å². The van der Waals surface area contributed by atoms with Crippen LogP contribution in [0.1, 0.15) is 67.4 Å². The minimum atomic E-state index is -0.910. The molecule has 0 bridgehead atoms. The monoisotopic (exact) mass is 518 g/mol. The van der Waals surface area contributed by atoms with Crippen molar-refractivity contribution in [3.8, 4) is 5.69 Å². The summed E-state index contributed by atoms with van der Waals surface area (Å²) in [7, 11) is 0. The van der Waals surface area contributed by atoms with Crippen molar-refractivity contribution >= 4 is 23.4 Å². The molecular weight excluding hydrogens is 484 g/mol. The lowest BCUT2D eigenvalue weighted by Gasteiger charge is -2.26. The predicted molar refractivity (Wildman–Crippen MR) is 137 cm³/mol. The van der Waals surface area contributed by atoms with Crippen molar-refractivity contribution in [1.82, 2.24) is 19.8 Å². The number of hydrogen-bond acceptors (Lipinski definition) is 5. The second-order valence-electron chi connectivity index (χ2n) is 9.95. The van der Waals surface area contributed by atoms with Gasteiger partial charge in [0.25, 0.3) is 5.91 Å². The second-order valence-corrected chi connectivity index (χ2v) is 10.4. The highest BCUT2D eigenvalue weighted by Gasteiger charge is 2.29. The third kappa shape index (κ3) is 6.38. The van der Waals surface area contributed by atoms with Crippen LogP contribution in [-0.2, 0) is 16.1 Å². The summed E-state index contributed by atoms with van der Waals surface area (Å²) in [6, 6.07) is 4.84. The summed E-state index contributed by atoms with van der Waals surface area (Å²) in [5.41, 5.74) is 0.0253. The molecule has 196 valence electrons. The van der Waals surface area contributed by atoms with E-state index in [2.05, 4.69) is 10.6 Å². The van der Waals surface area contributed by atoms with Crippen LogP contribution < -0.4 is 16.3 Å². The number of aromatic nitrogens is 2. The van der Waals surface area contributed by atoms with Gasteiger partial charge in [-0.3, -0.25) is 18.7 Å². The van der Waals surface area contributed by atoms with Gasteiger partial charge in [0, 0.05) is 37.7 Å². The fourth-order valence-electron chi connectivity index (χ4n) is 4.97. The highest BCUT2D eigenvalue weighted by Crippen LogP contribution is 2.27. The van der Waals surface area contributed by atoms with E-state index in [0.717, 1.165) is 38.5 Å². The summed E-state index contributed by atoms with van der Waals surface area (Å²) >= 11 is 6.32. The summed E-state index contributed by atoms with van der Waals surface area (Å²) in [5, 5.41) is 16.9. The molecule has 2 heterocycles. The van der Waals surface area contributed by atoms with E-state index in [1.807, 2.05) is 0 Å². The average molecular weight is 519 g/mol. The van der Waals surface area contributed by atoms with Crippen molar-refractivity contribution in [3.05, 3.63) is 51.2 Å². The van der Waals surface area contributed by atoms with Crippen LogP contribution in [0, 0.1) is 6.92 Å². The number of nitrogens with zero attached hydrogens (tertiary/aromatic N) is 2. The number of nitrogens with one attached hydrogen (secondary N) is 2. The zero-order valence-corrected chi connectivity index (χ0v) is 21.5. The molecule has 2 amide bonds. The first-order valence-corrected chi connectivity index (χ1v) is 13.1. The van der Waals surface area contributed by atoms with Crippen molar-refractivity contribution in [2.45, 2.75) is 76.5 Å². The highest BCUT2D eigenvalue weighted by atomic mass is 35.5. The smallest absolute Gasteiger partial charge is 0.333 e. The fraction of sp³-hybridized carbons (Fsp3) is 0.577. The molecule has 2 aromatic rings. The molecule has 0 spiro atoms. The fourth-order valence-corrected chi connectivity index (χ4v) is 5.17. The van der Waals surface area contributed by atoms with Crippen molar-refractivity contribution in [2.75, 3.05) is 19.8 Å². The van der Waals surface area contributed by atoms with Gasteiger partial charge in [0.05, 0.1) is 21.9 Å². The Morgan fingerprint density at radius 2 is 1.86 bits per heavy atom. The quantitative estimate of drug-likeness (QED) is 0.488. The number of ether oxygens (including phenoxy) is 1. The highest BCUT2D eigenvalue weighted by molar-refractivity contribution is 6.33. The average Bonchev–Trinajstić information content (AvgIpc) is 3.00. The molecule has 3 N–H and O–H groups in total. The second kappa shape index (κ2) is 11.6. The topological polar surface area (TPSA) is 115 Å². The standard InChI is InChI=1S/C26H35ClN4O5/c1-18-15-31(25(34)30(18)16-23(32)29-19-8-12-36-13-9-19)20-6-7-22(27)21(14-20)24(33)28-17-26(35)10-4-2-3-5-11-26/h6-7,14-15,19,35H,2-5,8-13,16-17H2,1H3,(H,28,33)(H,29,32). The molecule has 1 aromatic heterocycles. The van der Waals surface area contributed by atoms with Gasteiger partial charge < -0.3 is 20.5 Å². The predicted octanol–water partition coefficient (Wildman–Crippen LogP) is 2.71. The zero-order chi connectivity index (χ0) is 25.7. The number of aliphatic hydroxyl groups is 1. The molecule has 1 saturated heterocycles. The number of hydrogen-bond donors (Lipinski definition) is 3. The molecule has 2 fully saturated rings. The Labute approximate surface area is 215 Å². The van der Waals surface area contributed by atoms with Gasteiger partial charge in [0.1, 0.15) is 6.54 Å². The first-order valence-electron chi connectivity index (χ1n) is 12.7. The molecule has 1 aromatic carbocycles. The maximum Gasteiger partial charge on any atom is 0.333 e. The summed E-state index contributed by atoms with van der Waals surface area (Å²) < 4.78 is 8.13. The summed E-state index contributed by atoms with van der Waals surface area (Å²) in [6.45, 7) is 3.06. The van der Waals surface area contributed by atoms with Crippen molar-refractivity contribution in [3.63, 3.8) is 0 Å². The van der Waals surface area contributed by atoms with E-state index in [4.69, 9.17) is 16.3 Å². The summed E-state index contributed by atoms with van der Waals surface area (Å²) in [4.78, 5) is 38.7. The van der Waals surface area contributed by atoms with E-state index in [0.29, 0.717) is 37.4 Å². The Balaban J connectivity index is 1.47. The molecule has 1 aliphatic carbocycles.